The van der Waals surface area contributed by atoms with Crippen LogP contribution in [0.3, 0.4) is 0 Å². The number of rotatable bonds is 7. The van der Waals surface area contributed by atoms with Crippen molar-refractivity contribution in [3.05, 3.63) is 129 Å². The Morgan fingerprint density at radius 2 is 1.22 bits per heavy atom. The van der Waals surface area contributed by atoms with E-state index in [1.165, 1.54) is 11.9 Å². The topological polar surface area (TPSA) is 228 Å². The highest BCUT2D eigenvalue weighted by molar-refractivity contribution is 5.85. The molecule has 4 fully saturated rings. The normalized spacial score (nSPS) is 21.6. The Morgan fingerprint density at radius 1 is 0.657 bits per heavy atom. The molecule has 19 heteroatoms. The molecule has 4 aliphatic heterocycles. The van der Waals surface area contributed by atoms with Gasteiger partial charge in [0.15, 0.2) is 11.0 Å². The molecule has 0 radical (unpaired) electrons. The van der Waals surface area contributed by atoms with Gasteiger partial charge in [0.25, 0.3) is 11.1 Å². The van der Waals surface area contributed by atoms with Gasteiger partial charge >= 0.3 is 0 Å². The van der Waals surface area contributed by atoms with Gasteiger partial charge in [0.05, 0.1) is 23.4 Å². The van der Waals surface area contributed by atoms with Crippen LogP contribution in [0.1, 0.15) is 102 Å². The molecule has 0 aliphatic carbocycles. The predicted molar refractivity (Wildman–Crippen MR) is 249 cm³/mol. The van der Waals surface area contributed by atoms with E-state index in [0.29, 0.717) is 34.4 Å². The number of ether oxygens (including phenoxy) is 2. The summed E-state index contributed by atoms with van der Waals surface area (Å²) in [6.45, 7) is 11.8. The van der Waals surface area contributed by atoms with Crippen LogP contribution in [-0.2, 0) is 16.0 Å². The van der Waals surface area contributed by atoms with Crippen molar-refractivity contribution in [3.8, 4) is 0 Å². The molecule has 3 N–H and O–H groups in total. The molecule has 346 valence electrons. The van der Waals surface area contributed by atoms with Crippen molar-refractivity contribution >= 4 is 39.1 Å². The predicted octanol–water partition coefficient (Wildman–Crippen LogP) is 4.57. The van der Waals surface area contributed by atoms with Crippen LogP contribution in [0.2, 0.25) is 0 Å². The Bertz CT molecular complexity index is 3140. The van der Waals surface area contributed by atoms with Gasteiger partial charge < -0.3 is 24.8 Å². The van der Waals surface area contributed by atoms with E-state index in [2.05, 4.69) is 82.1 Å². The molecule has 8 aromatic rings. The number of fused-ring (bicyclic) bond motifs is 4. The lowest BCUT2D eigenvalue weighted by molar-refractivity contribution is 0.0831. The zero-order chi connectivity index (χ0) is 45.9. The second-order valence-corrected chi connectivity index (χ2v) is 18.2. The lowest BCUT2D eigenvalue weighted by Crippen LogP contribution is -2.24. The van der Waals surface area contributed by atoms with Crippen LogP contribution in [0.15, 0.2) is 83.4 Å². The number of aromatic nitrogens is 12. The number of H-pyrrole nitrogens is 2. The van der Waals surface area contributed by atoms with Crippen molar-refractivity contribution in [2.24, 2.45) is 11.8 Å². The van der Waals surface area contributed by atoms with E-state index in [9.17, 15) is 14.4 Å². The second-order valence-electron chi connectivity index (χ2n) is 18.2. The van der Waals surface area contributed by atoms with Crippen LogP contribution in [0.5, 0.6) is 0 Å². The molecule has 4 aliphatic rings. The summed E-state index contributed by atoms with van der Waals surface area (Å²) in [4.78, 5) is 69.4. The van der Waals surface area contributed by atoms with Gasteiger partial charge in [0, 0.05) is 105 Å². The number of aldehydes is 1. The number of hydrogen-bond acceptors (Lipinski definition) is 15. The number of carbonyl (C=O) groups is 1. The Balaban J connectivity index is 0.000000132. The first-order valence-electron chi connectivity index (χ1n) is 23.2. The summed E-state index contributed by atoms with van der Waals surface area (Å²) < 4.78 is 14.5. The van der Waals surface area contributed by atoms with Crippen LogP contribution in [0.25, 0.3) is 32.8 Å². The standard InChI is InChI=1S/C24H27N7O2.C15H21N5O2.C9H6N2O/c1-15-11-30(12-16-2-3-18-9-25-14-27-20(18)8-16)13-19(15)22-28-24(32)21-10-26-23(31(21)29-22)17-4-6-33-7-5-17;1-9-6-16-7-11(9)13-18-15(21)12-8-17-14(20(12)19-13)10-2-4-22-5-3-10;12-5-7-1-2-8-4-10-6-11-9(8)3-7/h2-3,8-10,14-15,17,19H,4-7,11-13H2,1H3,(H,28,29,32);8-11,16H,2-7H2,1H3,(H,18,19,21);1-6H. The molecular weight excluding hydrogens is 853 g/mol. The number of nitrogens with zero attached hydrogens (tertiary/aromatic N) is 11. The molecule has 6 aromatic heterocycles. The van der Waals surface area contributed by atoms with Crippen molar-refractivity contribution in [2.45, 2.75) is 69.7 Å². The largest absolute Gasteiger partial charge is 0.381 e. The average molecular weight is 907 g/mol. The molecule has 0 saturated carbocycles. The van der Waals surface area contributed by atoms with Gasteiger partial charge in [-0.15, -0.1) is 0 Å². The molecule has 10 heterocycles. The monoisotopic (exact) mass is 906 g/mol. The van der Waals surface area contributed by atoms with Crippen molar-refractivity contribution in [2.75, 3.05) is 52.6 Å². The molecule has 2 aromatic carbocycles. The third-order valence-corrected chi connectivity index (χ3v) is 13.6. The fourth-order valence-corrected chi connectivity index (χ4v) is 9.84. The van der Waals surface area contributed by atoms with Crippen LogP contribution in [0, 0.1) is 11.8 Å². The van der Waals surface area contributed by atoms with E-state index in [4.69, 9.17) is 19.7 Å². The number of aromatic amines is 2. The molecule has 67 heavy (non-hydrogen) atoms. The summed E-state index contributed by atoms with van der Waals surface area (Å²) in [7, 11) is 0. The molecule has 0 bridgehead atoms. The minimum atomic E-state index is -0.120. The lowest BCUT2D eigenvalue weighted by atomic mass is 9.97. The number of imidazole rings is 2. The van der Waals surface area contributed by atoms with Crippen LogP contribution in [0.4, 0.5) is 0 Å². The zero-order valence-electron chi connectivity index (χ0n) is 37.6. The SMILES string of the molecule is CC1CN(Cc2ccc3cncnc3c2)CC1c1nn2c(C3CCOCC3)ncc2c(=O)[nH]1.CC1CNCC1c1nn2c(C3CCOCC3)ncc2c(=O)[nH]1.O=Cc1ccc2cncnc2c1. The maximum atomic E-state index is 12.8. The van der Waals surface area contributed by atoms with E-state index in [1.807, 2.05) is 12.3 Å². The molecule has 19 nitrogen and oxygen atoms in total. The van der Waals surface area contributed by atoms with Crippen molar-refractivity contribution < 1.29 is 14.3 Å². The van der Waals surface area contributed by atoms with Crippen molar-refractivity contribution in [3.63, 3.8) is 0 Å². The Morgan fingerprint density at radius 3 is 1.79 bits per heavy atom. The van der Waals surface area contributed by atoms with Gasteiger partial charge in [0.1, 0.15) is 42.2 Å². The second kappa shape index (κ2) is 19.7. The average Bonchev–Trinajstić information content (AvgIpc) is 4.19. The van der Waals surface area contributed by atoms with Crippen LogP contribution in [-0.4, -0.2) is 123 Å². The number of benzene rings is 2. The fraction of sp³-hybridized carbons (Fsp3) is 0.438. The van der Waals surface area contributed by atoms with Gasteiger partial charge in [-0.3, -0.25) is 19.3 Å². The van der Waals surface area contributed by atoms with E-state index in [-0.39, 0.29) is 28.9 Å². The van der Waals surface area contributed by atoms with E-state index in [1.54, 1.807) is 46.1 Å². The minimum Gasteiger partial charge on any atom is -0.381 e. The summed E-state index contributed by atoms with van der Waals surface area (Å²) in [5, 5.41) is 15.0. The number of likely N-dealkylation sites (tertiary alicyclic amines) is 1. The summed E-state index contributed by atoms with van der Waals surface area (Å²) in [5.74, 6) is 5.14. The molecule has 0 amide bonds. The molecule has 0 spiro atoms. The highest BCUT2D eigenvalue weighted by Gasteiger charge is 2.34. The molecule has 4 atom stereocenters. The zero-order valence-corrected chi connectivity index (χ0v) is 37.6. The Hall–Kier alpha value is -6.67. The van der Waals surface area contributed by atoms with Gasteiger partial charge in [0.2, 0.25) is 0 Å². The summed E-state index contributed by atoms with van der Waals surface area (Å²) in [5.41, 5.74) is 4.45. The summed E-state index contributed by atoms with van der Waals surface area (Å²) >= 11 is 0. The third-order valence-electron chi connectivity index (χ3n) is 13.6. The lowest BCUT2D eigenvalue weighted by Gasteiger charge is -2.21. The van der Waals surface area contributed by atoms with Gasteiger partial charge in [-0.2, -0.15) is 10.2 Å². The first-order valence-corrected chi connectivity index (χ1v) is 23.2. The van der Waals surface area contributed by atoms with Gasteiger partial charge in [-0.25, -0.2) is 38.9 Å². The quantitative estimate of drug-likeness (QED) is 0.186. The molecule has 4 saturated heterocycles. The third kappa shape index (κ3) is 9.49. The first-order chi connectivity index (χ1) is 32.8. The number of carbonyl (C=O) groups excluding carboxylic acids is 1. The van der Waals surface area contributed by atoms with Gasteiger partial charge in [-0.05, 0) is 61.8 Å². The molecule has 12 rings (SSSR count). The fourth-order valence-electron chi connectivity index (χ4n) is 9.84. The summed E-state index contributed by atoms with van der Waals surface area (Å²) in [6.07, 6.45) is 14.4. The smallest absolute Gasteiger partial charge is 0.276 e. The van der Waals surface area contributed by atoms with E-state index in [0.717, 1.165) is 136 Å². The van der Waals surface area contributed by atoms with Crippen LogP contribution < -0.4 is 16.4 Å². The first kappa shape index (κ1) is 44.2. The maximum absolute atomic E-state index is 12.8. The highest BCUT2D eigenvalue weighted by atomic mass is 16.5. The number of hydrogen-bond donors (Lipinski definition) is 3. The highest BCUT2D eigenvalue weighted by Crippen LogP contribution is 2.33. The Kier molecular flexibility index (Phi) is 13.0. The van der Waals surface area contributed by atoms with Crippen molar-refractivity contribution in [1.82, 2.24) is 69.3 Å². The minimum absolute atomic E-state index is 0.102. The number of nitrogens with one attached hydrogen (secondary N) is 3. The van der Waals surface area contributed by atoms with Crippen molar-refractivity contribution in [1.29, 1.82) is 0 Å². The van der Waals surface area contributed by atoms with E-state index < -0.39 is 0 Å². The molecule has 4 unspecified atom stereocenters. The van der Waals surface area contributed by atoms with Crippen LogP contribution >= 0.6 is 0 Å². The van der Waals surface area contributed by atoms with Gasteiger partial charge in [-0.1, -0.05) is 38.1 Å². The summed E-state index contributed by atoms with van der Waals surface area (Å²) in [6, 6.07) is 11.7. The van der Waals surface area contributed by atoms with E-state index >= 15 is 0 Å². The maximum Gasteiger partial charge on any atom is 0.276 e. The Labute approximate surface area is 384 Å². The molecular formula is C48H54N14O5.